The number of hydrogen-bond donors (Lipinski definition) is 0. The standard InChI is InChI=1S/C24H28N2OS/c1-18-7-3-4-9-20(18)16-26-14-13-21(11-12-24(26)27)25(2)17-22-15-19-8-5-6-10-23(19)28-22/h3-10,15,21H,11-14,16-17H2,1-2H3. The normalized spacial score (nSPS) is 18.0. The predicted octanol–water partition coefficient (Wildman–Crippen LogP) is 5.22. The summed E-state index contributed by atoms with van der Waals surface area (Å²) in [5.41, 5.74) is 2.52. The molecular formula is C24H28N2OS. The molecule has 0 saturated carbocycles. The number of carbonyl (C=O) groups excluding carboxylic acids is 1. The summed E-state index contributed by atoms with van der Waals surface area (Å²) in [6.07, 6.45) is 2.64. The monoisotopic (exact) mass is 392 g/mol. The van der Waals surface area contributed by atoms with Crippen molar-refractivity contribution in [1.82, 2.24) is 9.80 Å². The molecule has 1 amide bonds. The number of fused-ring (bicyclic) bond motifs is 1. The third-order valence-electron chi connectivity index (χ3n) is 5.90. The number of thiophene rings is 1. The van der Waals surface area contributed by atoms with Crippen LogP contribution in [-0.2, 0) is 17.9 Å². The Morgan fingerprint density at radius 3 is 2.71 bits per heavy atom. The van der Waals surface area contributed by atoms with Crippen molar-refractivity contribution in [3.63, 3.8) is 0 Å². The molecular weight excluding hydrogens is 364 g/mol. The zero-order valence-corrected chi connectivity index (χ0v) is 17.5. The van der Waals surface area contributed by atoms with E-state index in [4.69, 9.17) is 0 Å². The van der Waals surface area contributed by atoms with E-state index in [2.05, 4.69) is 78.4 Å². The number of carbonyl (C=O) groups is 1. The first-order valence-electron chi connectivity index (χ1n) is 10.1. The van der Waals surface area contributed by atoms with Crippen LogP contribution in [0, 0.1) is 6.92 Å². The third-order valence-corrected chi connectivity index (χ3v) is 7.00. The highest BCUT2D eigenvalue weighted by molar-refractivity contribution is 7.19. The summed E-state index contributed by atoms with van der Waals surface area (Å²) in [6, 6.07) is 19.7. The Balaban J connectivity index is 1.39. The molecule has 3 aromatic rings. The van der Waals surface area contributed by atoms with Gasteiger partial charge in [-0.05, 0) is 55.5 Å². The molecule has 1 saturated heterocycles. The molecule has 3 nitrogen and oxygen atoms in total. The number of rotatable bonds is 5. The van der Waals surface area contributed by atoms with Crippen molar-refractivity contribution in [1.29, 1.82) is 0 Å². The van der Waals surface area contributed by atoms with E-state index in [1.807, 2.05) is 11.3 Å². The van der Waals surface area contributed by atoms with E-state index in [1.54, 1.807) is 0 Å². The summed E-state index contributed by atoms with van der Waals surface area (Å²) in [4.78, 5) is 18.6. The van der Waals surface area contributed by atoms with Crippen molar-refractivity contribution >= 4 is 27.3 Å². The van der Waals surface area contributed by atoms with Gasteiger partial charge in [0, 0.05) is 41.7 Å². The highest BCUT2D eigenvalue weighted by Crippen LogP contribution is 2.28. The third kappa shape index (κ3) is 4.29. The number of hydrogen-bond acceptors (Lipinski definition) is 3. The lowest BCUT2D eigenvalue weighted by Gasteiger charge is -2.27. The first-order chi connectivity index (χ1) is 13.6. The molecule has 0 bridgehead atoms. The molecule has 0 spiro atoms. The minimum Gasteiger partial charge on any atom is -0.338 e. The van der Waals surface area contributed by atoms with E-state index < -0.39 is 0 Å². The summed E-state index contributed by atoms with van der Waals surface area (Å²) in [5.74, 6) is 0.293. The van der Waals surface area contributed by atoms with Gasteiger partial charge in [-0.2, -0.15) is 0 Å². The van der Waals surface area contributed by atoms with E-state index in [0.717, 1.165) is 32.5 Å². The second kappa shape index (κ2) is 8.46. The minimum absolute atomic E-state index is 0.293. The Bertz CT molecular complexity index is 931. The van der Waals surface area contributed by atoms with Crippen molar-refractivity contribution in [2.24, 2.45) is 0 Å². The van der Waals surface area contributed by atoms with Gasteiger partial charge in [0.1, 0.15) is 0 Å². The molecule has 28 heavy (non-hydrogen) atoms. The Morgan fingerprint density at radius 2 is 1.89 bits per heavy atom. The molecule has 0 radical (unpaired) electrons. The van der Waals surface area contributed by atoms with Crippen LogP contribution >= 0.6 is 11.3 Å². The average molecular weight is 393 g/mol. The van der Waals surface area contributed by atoms with Gasteiger partial charge < -0.3 is 4.90 Å². The van der Waals surface area contributed by atoms with E-state index in [0.29, 0.717) is 18.4 Å². The van der Waals surface area contributed by atoms with E-state index in [9.17, 15) is 4.79 Å². The van der Waals surface area contributed by atoms with Crippen LogP contribution in [0.2, 0.25) is 0 Å². The maximum Gasteiger partial charge on any atom is 0.222 e. The molecule has 4 heteroatoms. The van der Waals surface area contributed by atoms with E-state index in [-0.39, 0.29) is 0 Å². The number of nitrogens with zero attached hydrogens (tertiary/aromatic N) is 2. The lowest BCUT2D eigenvalue weighted by Crippen LogP contribution is -2.33. The SMILES string of the molecule is Cc1ccccc1CN1CCC(N(C)Cc2cc3ccccc3s2)CCC1=O. The van der Waals surface area contributed by atoms with Gasteiger partial charge >= 0.3 is 0 Å². The Kier molecular flexibility index (Phi) is 5.79. The van der Waals surface area contributed by atoms with Gasteiger partial charge in [0.05, 0.1) is 0 Å². The van der Waals surface area contributed by atoms with Crippen LogP contribution in [0.15, 0.2) is 54.6 Å². The second-order valence-corrected chi connectivity index (χ2v) is 9.06. The molecule has 2 aromatic carbocycles. The molecule has 1 unspecified atom stereocenters. The fourth-order valence-corrected chi connectivity index (χ4v) is 5.24. The van der Waals surface area contributed by atoms with Gasteiger partial charge in [-0.1, -0.05) is 42.5 Å². The summed E-state index contributed by atoms with van der Waals surface area (Å²) >= 11 is 1.88. The quantitative estimate of drug-likeness (QED) is 0.594. The van der Waals surface area contributed by atoms with Crippen LogP contribution in [-0.4, -0.2) is 35.3 Å². The Morgan fingerprint density at radius 1 is 1.11 bits per heavy atom. The summed E-state index contributed by atoms with van der Waals surface area (Å²) in [7, 11) is 2.20. The van der Waals surface area contributed by atoms with Crippen LogP contribution in [0.3, 0.4) is 0 Å². The molecule has 146 valence electrons. The number of aryl methyl sites for hydroxylation is 1. The lowest BCUT2D eigenvalue weighted by molar-refractivity contribution is -0.131. The average Bonchev–Trinajstić information content (AvgIpc) is 3.00. The first-order valence-corrected chi connectivity index (χ1v) is 10.9. The number of likely N-dealkylation sites (tertiary alicyclic amines) is 1. The van der Waals surface area contributed by atoms with Crippen LogP contribution in [0.25, 0.3) is 10.1 Å². The zero-order chi connectivity index (χ0) is 19.5. The topological polar surface area (TPSA) is 23.6 Å². The van der Waals surface area contributed by atoms with Gasteiger partial charge in [-0.25, -0.2) is 0 Å². The van der Waals surface area contributed by atoms with E-state index in [1.165, 1.54) is 26.1 Å². The van der Waals surface area contributed by atoms with Crippen molar-refractivity contribution < 1.29 is 4.79 Å². The van der Waals surface area contributed by atoms with Crippen molar-refractivity contribution in [3.05, 3.63) is 70.6 Å². The molecule has 1 aromatic heterocycles. The van der Waals surface area contributed by atoms with Gasteiger partial charge in [0.2, 0.25) is 5.91 Å². The number of benzene rings is 2. The Labute approximate surface area is 171 Å². The number of amides is 1. The van der Waals surface area contributed by atoms with Crippen LogP contribution in [0.4, 0.5) is 0 Å². The fraction of sp³-hybridized carbons (Fsp3) is 0.375. The maximum atomic E-state index is 12.7. The van der Waals surface area contributed by atoms with Crippen molar-refractivity contribution in [3.8, 4) is 0 Å². The van der Waals surface area contributed by atoms with Crippen molar-refractivity contribution in [2.45, 2.75) is 45.3 Å². The van der Waals surface area contributed by atoms with Gasteiger partial charge in [-0.3, -0.25) is 9.69 Å². The first kappa shape index (κ1) is 19.2. The van der Waals surface area contributed by atoms with Gasteiger partial charge in [0.15, 0.2) is 0 Å². The molecule has 0 aliphatic carbocycles. The summed E-state index contributed by atoms with van der Waals surface area (Å²) in [6.45, 7) is 4.65. The smallest absolute Gasteiger partial charge is 0.222 e. The summed E-state index contributed by atoms with van der Waals surface area (Å²) in [5, 5.41) is 1.33. The fourth-order valence-electron chi connectivity index (χ4n) is 4.11. The lowest BCUT2D eigenvalue weighted by atomic mass is 10.1. The highest BCUT2D eigenvalue weighted by Gasteiger charge is 2.25. The molecule has 0 N–H and O–H groups in total. The minimum atomic E-state index is 0.293. The maximum absolute atomic E-state index is 12.7. The van der Waals surface area contributed by atoms with Crippen LogP contribution < -0.4 is 0 Å². The zero-order valence-electron chi connectivity index (χ0n) is 16.7. The molecule has 1 atom stereocenters. The van der Waals surface area contributed by atoms with Crippen molar-refractivity contribution in [2.75, 3.05) is 13.6 Å². The molecule has 2 heterocycles. The molecule has 1 aliphatic rings. The Hall–Kier alpha value is -2.17. The molecule has 1 fully saturated rings. The van der Waals surface area contributed by atoms with Gasteiger partial charge in [0.25, 0.3) is 0 Å². The predicted molar refractivity (Wildman–Crippen MR) is 118 cm³/mol. The van der Waals surface area contributed by atoms with Crippen LogP contribution in [0.1, 0.15) is 35.3 Å². The second-order valence-electron chi connectivity index (χ2n) is 7.89. The summed E-state index contributed by atoms with van der Waals surface area (Å²) < 4.78 is 1.35. The molecule has 1 aliphatic heterocycles. The highest BCUT2D eigenvalue weighted by atomic mass is 32.1. The van der Waals surface area contributed by atoms with Crippen LogP contribution in [0.5, 0.6) is 0 Å². The molecule has 4 rings (SSSR count). The van der Waals surface area contributed by atoms with E-state index >= 15 is 0 Å². The van der Waals surface area contributed by atoms with Gasteiger partial charge in [-0.15, -0.1) is 11.3 Å². The largest absolute Gasteiger partial charge is 0.338 e.